The van der Waals surface area contributed by atoms with E-state index in [1.54, 1.807) is 6.07 Å². The molecule has 1 aromatic carbocycles. The molecule has 0 aliphatic heterocycles. The number of H-pyrrole nitrogens is 1. The normalized spacial score (nSPS) is 15.2. The molecule has 2 unspecified atom stereocenters. The highest BCUT2D eigenvalue weighted by Crippen LogP contribution is 2.22. The number of rotatable bonds is 3. The highest BCUT2D eigenvalue weighted by atomic mass is 79.9. The highest BCUT2D eigenvalue weighted by Gasteiger charge is 2.17. The molecule has 2 aromatic rings. The molecule has 0 bridgehead atoms. The number of alkyl halides is 1. The number of fused-ring (bicyclic) bond motifs is 1. The molecule has 0 spiro atoms. The van der Waals surface area contributed by atoms with Crippen LogP contribution >= 0.6 is 15.9 Å². The number of aromatic nitrogens is 2. The minimum Gasteiger partial charge on any atom is -0.389 e. The molecule has 0 saturated carbocycles. The van der Waals surface area contributed by atoms with Gasteiger partial charge in [0.05, 0.1) is 17.1 Å². The maximum absolute atomic E-state index is 9.84. The molecule has 2 rings (SSSR count). The Labute approximate surface area is 101 Å². The van der Waals surface area contributed by atoms with E-state index in [-0.39, 0.29) is 0 Å². The van der Waals surface area contributed by atoms with E-state index in [1.807, 2.05) is 19.1 Å². The fourth-order valence-electron chi connectivity index (χ4n) is 1.65. The molecule has 0 fully saturated rings. The molecule has 86 valence electrons. The van der Waals surface area contributed by atoms with Gasteiger partial charge in [-0.05, 0) is 24.6 Å². The maximum Gasteiger partial charge on any atom is 0.106 e. The van der Waals surface area contributed by atoms with Crippen molar-refractivity contribution in [3.8, 4) is 0 Å². The first-order valence-electron chi connectivity index (χ1n) is 5.00. The predicted octanol–water partition coefficient (Wildman–Crippen LogP) is 1.66. The maximum atomic E-state index is 9.84. The molecule has 0 aliphatic carbocycles. The van der Waals surface area contributed by atoms with Crippen LogP contribution in [-0.4, -0.2) is 31.6 Å². The molecule has 1 aromatic heterocycles. The van der Waals surface area contributed by atoms with Crippen LogP contribution in [0.1, 0.15) is 17.5 Å². The Kier molecular flexibility index (Phi) is 3.28. The minimum atomic E-state index is -0.882. The quantitative estimate of drug-likeness (QED) is 0.751. The summed E-state index contributed by atoms with van der Waals surface area (Å²) >= 11 is 3.14. The van der Waals surface area contributed by atoms with Crippen molar-refractivity contribution in [2.45, 2.75) is 19.1 Å². The van der Waals surface area contributed by atoms with Gasteiger partial charge in [0.2, 0.25) is 0 Å². The molecule has 0 aliphatic rings. The van der Waals surface area contributed by atoms with Crippen LogP contribution in [0.5, 0.6) is 0 Å². The number of aliphatic hydroxyl groups is 2. The van der Waals surface area contributed by atoms with Crippen LogP contribution in [0.2, 0.25) is 0 Å². The predicted molar refractivity (Wildman–Crippen MR) is 65.6 cm³/mol. The summed E-state index contributed by atoms with van der Waals surface area (Å²) in [7, 11) is 0. The summed E-state index contributed by atoms with van der Waals surface area (Å²) in [4.78, 5) is 7.36. The van der Waals surface area contributed by atoms with Gasteiger partial charge in [-0.1, -0.05) is 22.0 Å². The number of hydrogen-bond donors (Lipinski definition) is 3. The monoisotopic (exact) mass is 284 g/mol. The lowest BCUT2D eigenvalue weighted by Gasteiger charge is -2.15. The smallest absolute Gasteiger partial charge is 0.106 e. The minimum absolute atomic E-state index is 0.341. The molecule has 0 saturated heterocycles. The van der Waals surface area contributed by atoms with Crippen LogP contribution in [0.3, 0.4) is 0 Å². The molecule has 0 amide bonds. The average molecular weight is 285 g/mol. The van der Waals surface area contributed by atoms with Crippen LogP contribution in [0, 0.1) is 6.92 Å². The van der Waals surface area contributed by atoms with Crippen molar-refractivity contribution < 1.29 is 10.2 Å². The third-order valence-corrected chi connectivity index (χ3v) is 3.15. The van der Waals surface area contributed by atoms with Crippen molar-refractivity contribution >= 4 is 27.0 Å². The Morgan fingerprint density at radius 3 is 2.88 bits per heavy atom. The zero-order chi connectivity index (χ0) is 11.7. The second kappa shape index (κ2) is 4.53. The number of aromatic amines is 1. The number of nitrogens with zero attached hydrogens (tertiary/aromatic N) is 1. The Bertz CT molecular complexity index is 498. The second-order valence-electron chi connectivity index (χ2n) is 3.77. The number of benzene rings is 1. The molecule has 3 N–H and O–H groups in total. The molecular weight excluding hydrogens is 272 g/mol. The first-order chi connectivity index (χ1) is 7.61. The van der Waals surface area contributed by atoms with Gasteiger partial charge in [0.25, 0.3) is 0 Å². The van der Waals surface area contributed by atoms with Crippen molar-refractivity contribution in [3.05, 3.63) is 29.6 Å². The Balaban J connectivity index is 2.38. The largest absolute Gasteiger partial charge is 0.389 e. The average Bonchev–Trinajstić information content (AvgIpc) is 2.65. The van der Waals surface area contributed by atoms with E-state index < -0.39 is 12.2 Å². The topological polar surface area (TPSA) is 69.1 Å². The standard InChI is InChI=1S/C11H13BrN2O2/c1-6-13-8-3-2-7(4-9(8)14-6)11(16)10(15)5-12/h2-4,10-11,15-16H,5H2,1H3,(H,13,14). The number of halogens is 1. The number of imidazole rings is 1. The Morgan fingerprint density at radius 2 is 2.19 bits per heavy atom. The van der Waals surface area contributed by atoms with Gasteiger partial charge in [-0.25, -0.2) is 4.98 Å². The fourth-order valence-corrected chi connectivity index (χ4v) is 2.00. The lowest BCUT2D eigenvalue weighted by molar-refractivity contribution is 0.0343. The van der Waals surface area contributed by atoms with E-state index in [0.717, 1.165) is 16.9 Å². The summed E-state index contributed by atoms with van der Waals surface area (Å²) in [5, 5.41) is 19.7. The van der Waals surface area contributed by atoms with Crippen LogP contribution in [0.25, 0.3) is 11.0 Å². The fraction of sp³-hybridized carbons (Fsp3) is 0.364. The van der Waals surface area contributed by atoms with Crippen molar-refractivity contribution in [1.29, 1.82) is 0 Å². The van der Waals surface area contributed by atoms with E-state index >= 15 is 0 Å². The van der Waals surface area contributed by atoms with Crippen LogP contribution in [0.15, 0.2) is 18.2 Å². The lowest BCUT2D eigenvalue weighted by atomic mass is 10.1. The van der Waals surface area contributed by atoms with Gasteiger partial charge in [0, 0.05) is 5.33 Å². The highest BCUT2D eigenvalue weighted by molar-refractivity contribution is 9.09. The molecule has 0 radical (unpaired) electrons. The van der Waals surface area contributed by atoms with E-state index in [9.17, 15) is 10.2 Å². The van der Waals surface area contributed by atoms with Gasteiger partial charge >= 0.3 is 0 Å². The molecule has 1 heterocycles. The number of nitrogens with one attached hydrogen (secondary N) is 1. The molecule has 2 atom stereocenters. The molecular formula is C11H13BrN2O2. The van der Waals surface area contributed by atoms with Crippen LogP contribution in [0.4, 0.5) is 0 Å². The van der Waals surface area contributed by atoms with E-state index in [4.69, 9.17) is 0 Å². The van der Waals surface area contributed by atoms with Crippen LogP contribution in [-0.2, 0) is 0 Å². The lowest BCUT2D eigenvalue weighted by Crippen LogP contribution is -2.19. The van der Waals surface area contributed by atoms with Crippen molar-refractivity contribution in [2.75, 3.05) is 5.33 Å². The molecule has 4 nitrogen and oxygen atoms in total. The summed E-state index contributed by atoms with van der Waals surface area (Å²) in [5.41, 5.74) is 2.42. The van der Waals surface area contributed by atoms with Crippen molar-refractivity contribution in [1.82, 2.24) is 9.97 Å². The van der Waals surface area contributed by atoms with E-state index in [0.29, 0.717) is 10.9 Å². The van der Waals surface area contributed by atoms with E-state index in [2.05, 4.69) is 25.9 Å². The Hall–Kier alpha value is -0.910. The SMILES string of the molecule is Cc1nc2ccc(C(O)C(O)CBr)cc2[nH]1. The van der Waals surface area contributed by atoms with Gasteiger partial charge in [0.15, 0.2) is 0 Å². The number of hydrogen-bond acceptors (Lipinski definition) is 3. The summed E-state index contributed by atoms with van der Waals surface area (Å²) in [5.74, 6) is 0.836. The Morgan fingerprint density at radius 1 is 1.44 bits per heavy atom. The summed E-state index contributed by atoms with van der Waals surface area (Å²) in [6.45, 7) is 1.88. The van der Waals surface area contributed by atoms with Gasteiger partial charge in [-0.3, -0.25) is 0 Å². The van der Waals surface area contributed by atoms with E-state index in [1.165, 1.54) is 0 Å². The first-order valence-corrected chi connectivity index (χ1v) is 6.12. The first kappa shape index (κ1) is 11.6. The second-order valence-corrected chi connectivity index (χ2v) is 4.41. The molecule has 16 heavy (non-hydrogen) atoms. The van der Waals surface area contributed by atoms with Crippen molar-refractivity contribution in [2.24, 2.45) is 0 Å². The van der Waals surface area contributed by atoms with Gasteiger partial charge in [0.1, 0.15) is 11.9 Å². The zero-order valence-electron chi connectivity index (χ0n) is 8.81. The van der Waals surface area contributed by atoms with Gasteiger partial charge in [-0.15, -0.1) is 0 Å². The number of aryl methyl sites for hydroxylation is 1. The van der Waals surface area contributed by atoms with Crippen LogP contribution < -0.4 is 0 Å². The summed E-state index contributed by atoms with van der Waals surface area (Å²) in [6.07, 6.45) is -1.69. The molecule has 5 heteroatoms. The van der Waals surface area contributed by atoms with Gasteiger partial charge < -0.3 is 15.2 Å². The summed E-state index contributed by atoms with van der Waals surface area (Å²) in [6, 6.07) is 5.42. The third-order valence-electron chi connectivity index (χ3n) is 2.49. The van der Waals surface area contributed by atoms with Crippen molar-refractivity contribution in [3.63, 3.8) is 0 Å². The zero-order valence-corrected chi connectivity index (χ0v) is 10.4. The number of aliphatic hydroxyl groups excluding tert-OH is 2. The summed E-state index contributed by atoms with van der Waals surface area (Å²) < 4.78 is 0. The third kappa shape index (κ3) is 2.11. The van der Waals surface area contributed by atoms with Gasteiger partial charge in [-0.2, -0.15) is 0 Å².